The lowest BCUT2D eigenvalue weighted by molar-refractivity contribution is -0.179. The van der Waals surface area contributed by atoms with Crippen molar-refractivity contribution < 1.29 is 28.7 Å². The van der Waals surface area contributed by atoms with Crippen molar-refractivity contribution in [3.8, 4) is 0 Å². The first-order valence-corrected chi connectivity index (χ1v) is 6.76. The third-order valence-electron chi connectivity index (χ3n) is 2.64. The molecule has 0 aromatic carbocycles. The number of rotatable bonds is 3. The number of ether oxygens (including phenoxy) is 2. The summed E-state index contributed by atoms with van der Waals surface area (Å²) in [4.78, 5) is 41.5. The van der Waals surface area contributed by atoms with Crippen molar-refractivity contribution in [2.75, 3.05) is 7.05 Å². The Morgan fingerprint density at radius 2 is 1.23 bits per heavy atom. The minimum absolute atomic E-state index is 0.799. The van der Waals surface area contributed by atoms with Crippen LogP contribution in [0, 0.1) is 0 Å². The van der Waals surface area contributed by atoms with Gasteiger partial charge in [0.2, 0.25) is 5.54 Å². The van der Waals surface area contributed by atoms with E-state index in [9.17, 15) is 14.4 Å². The van der Waals surface area contributed by atoms with Gasteiger partial charge < -0.3 is 14.3 Å². The van der Waals surface area contributed by atoms with Crippen LogP contribution in [0.3, 0.4) is 0 Å². The summed E-state index contributed by atoms with van der Waals surface area (Å²) in [6.45, 7) is 11.0. The van der Waals surface area contributed by atoms with Crippen molar-refractivity contribution in [3.63, 3.8) is 0 Å². The van der Waals surface area contributed by atoms with Crippen LogP contribution in [0.5, 0.6) is 0 Å². The van der Waals surface area contributed by atoms with Crippen LogP contribution in [-0.4, -0.2) is 46.7 Å². The molecule has 0 saturated heterocycles. The van der Waals surface area contributed by atoms with Crippen LogP contribution >= 0.6 is 0 Å². The summed E-state index contributed by atoms with van der Waals surface area (Å²) in [7, 11) is 1.23. The number of nitrogens with two attached hydrogens (primary N) is 1. The van der Waals surface area contributed by atoms with Gasteiger partial charge in [-0.25, -0.2) is 14.4 Å². The van der Waals surface area contributed by atoms with Crippen LogP contribution in [0.15, 0.2) is 0 Å². The number of likely N-dealkylation sites (N-methyl/N-ethyl adjacent to an activating group) is 1. The van der Waals surface area contributed by atoms with Crippen LogP contribution in [0.25, 0.3) is 0 Å². The monoisotopic (exact) mass is 318 g/mol. The molecule has 0 radical (unpaired) electrons. The molecular formula is C14H26N2O6. The van der Waals surface area contributed by atoms with Gasteiger partial charge in [0.15, 0.2) is 0 Å². The number of hydrogen-bond acceptors (Lipinski definition) is 7. The van der Waals surface area contributed by atoms with Crippen LogP contribution in [0.4, 0.5) is 4.79 Å². The molecule has 22 heavy (non-hydrogen) atoms. The molecule has 1 amide bonds. The van der Waals surface area contributed by atoms with E-state index in [1.54, 1.807) is 41.5 Å². The van der Waals surface area contributed by atoms with Gasteiger partial charge in [-0.15, -0.1) is 0 Å². The number of hydrogen-bond donors (Lipinski definition) is 1. The molecule has 0 unspecified atom stereocenters. The van der Waals surface area contributed by atoms with E-state index in [1.165, 1.54) is 14.0 Å². The zero-order valence-electron chi connectivity index (χ0n) is 14.5. The zero-order valence-corrected chi connectivity index (χ0v) is 14.5. The molecule has 8 nitrogen and oxygen atoms in total. The molecule has 2 N–H and O–H groups in total. The van der Waals surface area contributed by atoms with E-state index in [2.05, 4.69) is 4.84 Å². The molecule has 0 fully saturated rings. The average molecular weight is 318 g/mol. The highest BCUT2D eigenvalue weighted by Crippen LogP contribution is 2.23. The van der Waals surface area contributed by atoms with E-state index >= 15 is 0 Å². The Labute approximate surface area is 130 Å². The maximum atomic E-state index is 12.4. The van der Waals surface area contributed by atoms with E-state index in [-0.39, 0.29) is 0 Å². The third kappa shape index (κ3) is 5.18. The SMILES string of the molecule is CN(C(=O)OC(C)(C)C)[C@](C)(C(=O)ON)C(=O)OC(C)(C)C. The van der Waals surface area contributed by atoms with Crippen molar-refractivity contribution in [3.05, 3.63) is 0 Å². The van der Waals surface area contributed by atoms with Gasteiger partial charge in [-0.05, 0) is 48.5 Å². The Bertz CT molecular complexity index is 449. The maximum absolute atomic E-state index is 12.4. The summed E-state index contributed by atoms with van der Waals surface area (Å²) in [5.41, 5.74) is -3.72. The van der Waals surface area contributed by atoms with E-state index < -0.39 is 34.8 Å². The van der Waals surface area contributed by atoms with Gasteiger partial charge in [0.1, 0.15) is 11.2 Å². The molecule has 0 aromatic heterocycles. The third-order valence-corrected chi connectivity index (χ3v) is 2.64. The van der Waals surface area contributed by atoms with Crippen molar-refractivity contribution in [2.45, 2.75) is 65.2 Å². The van der Waals surface area contributed by atoms with Gasteiger partial charge in [0.25, 0.3) is 0 Å². The van der Waals surface area contributed by atoms with Crippen molar-refractivity contribution in [1.82, 2.24) is 4.90 Å². The molecule has 0 saturated carbocycles. The molecule has 128 valence electrons. The van der Waals surface area contributed by atoms with E-state index in [0.29, 0.717) is 0 Å². The smallest absolute Gasteiger partial charge is 0.411 e. The summed E-state index contributed by atoms with van der Waals surface area (Å²) in [6.07, 6.45) is -0.883. The fourth-order valence-electron chi connectivity index (χ4n) is 1.36. The number of nitrogens with zero attached hydrogens (tertiary/aromatic N) is 1. The lowest BCUT2D eigenvalue weighted by Crippen LogP contribution is -2.61. The molecule has 0 spiro atoms. The van der Waals surface area contributed by atoms with Gasteiger partial charge in [-0.2, -0.15) is 5.90 Å². The van der Waals surface area contributed by atoms with E-state index in [0.717, 1.165) is 4.90 Å². The van der Waals surface area contributed by atoms with Gasteiger partial charge in [0.05, 0.1) is 0 Å². The highest BCUT2D eigenvalue weighted by Gasteiger charge is 2.52. The first-order valence-electron chi connectivity index (χ1n) is 6.76. The predicted octanol–water partition coefficient (Wildman–Crippen LogP) is 1.37. The van der Waals surface area contributed by atoms with Crippen LogP contribution in [-0.2, 0) is 23.9 Å². The summed E-state index contributed by atoms with van der Waals surface area (Å²) < 4.78 is 10.3. The van der Waals surface area contributed by atoms with E-state index in [4.69, 9.17) is 15.4 Å². The molecular weight excluding hydrogens is 292 g/mol. The summed E-state index contributed by atoms with van der Waals surface area (Å²) in [6, 6.07) is 0. The second-order valence-corrected chi connectivity index (χ2v) is 7.02. The van der Waals surface area contributed by atoms with Gasteiger partial charge in [0, 0.05) is 7.05 Å². The normalized spacial score (nSPS) is 14.6. The molecule has 0 aliphatic carbocycles. The molecule has 0 aromatic rings. The Hall–Kier alpha value is -1.83. The molecule has 1 atom stereocenters. The Balaban J connectivity index is 5.57. The fourth-order valence-corrected chi connectivity index (χ4v) is 1.36. The van der Waals surface area contributed by atoms with Crippen molar-refractivity contribution in [2.24, 2.45) is 5.90 Å². The van der Waals surface area contributed by atoms with Crippen molar-refractivity contribution in [1.29, 1.82) is 0 Å². The largest absolute Gasteiger partial charge is 0.458 e. The Morgan fingerprint density at radius 1 is 0.818 bits per heavy atom. The molecule has 0 aliphatic rings. The van der Waals surface area contributed by atoms with Crippen LogP contribution < -0.4 is 5.90 Å². The standard InChI is InChI=1S/C14H26N2O6/c1-12(2,3)20-9(17)14(7,10(18)22-15)16(8)11(19)21-13(4,5)6/h15H2,1-8H3/t14-/m0/s1. The van der Waals surface area contributed by atoms with Gasteiger partial charge >= 0.3 is 18.0 Å². The molecule has 8 heteroatoms. The highest BCUT2D eigenvalue weighted by atomic mass is 16.7. The fraction of sp³-hybridized carbons (Fsp3) is 0.786. The second kappa shape index (κ2) is 6.51. The lowest BCUT2D eigenvalue weighted by Gasteiger charge is -2.36. The number of amides is 1. The first kappa shape index (κ1) is 20.2. The molecule has 0 rings (SSSR count). The van der Waals surface area contributed by atoms with Crippen molar-refractivity contribution >= 4 is 18.0 Å². The summed E-state index contributed by atoms with van der Waals surface area (Å²) in [5, 5.41) is 0. The summed E-state index contributed by atoms with van der Waals surface area (Å²) >= 11 is 0. The maximum Gasteiger partial charge on any atom is 0.411 e. The number of esters is 1. The van der Waals surface area contributed by atoms with E-state index in [1.807, 2.05) is 0 Å². The zero-order chi connectivity index (χ0) is 17.9. The summed E-state index contributed by atoms with van der Waals surface area (Å²) in [5.74, 6) is 2.79. The van der Waals surface area contributed by atoms with Gasteiger partial charge in [-0.3, -0.25) is 4.90 Å². The number of carbonyl (C=O) groups is 3. The first-order chi connectivity index (χ1) is 9.65. The number of carbonyl (C=O) groups excluding carboxylic acids is 3. The molecule has 0 bridgehead atoms. The highest BCUT2D eigenvalue weighted by molar-refractivity contribution is 6.06. The topological polar surface area (TPSA) is 108 Å². The quantitative estimate of drug-likeness (QED) is 0.475. The van der Waals surface area contributed by atoms with Crippen LogP contribution in [0.1, 0.15) is 48.5 Å². The Kier molecular flexibility index (Phi) is 5.97. The lowest BCUT2D eigenvalue weighted by atomic mass is 10.0. The van der Waals surface area contributed by atoms with Gasteiger partial charge in [-0.1, -0.05) is 0 Å². The van der Waals surface area contributed by atoms with Crippen LogP contribution in [0.2, 0.25) is 0 Å². The minimum Gasteiger partial charge on any atom is -0.458 e. The molecule has 0 heterocycles. The minimum atomic E-state index is -2.07. The Morgan fingerprint density at radius 3 is 1.55 bits per heavy atom. The predicted molar refractivity (Wildman–Crippen MR) is 78.5 cm³/mol. The second-order valence-electron chi connectivity index (χ2n) is 7.02. The molecule has 0 aliphatic heterocycles. The average Bonchev–Trinajstić information content (AvgIpc) is 2.31.